The number of halogens is 2. The van der Waals surface area contributed by atoms with Gasteiger partial charge in [-0.1, -0.05) is 18.2 Å². The fraction of sp³-hybridized carbons (Fsp3) is 0.111. The van der Waals surface area contributed by atoms with E-state index < -0.39 is 5.82 Å². The van der Waals surface area contributed by atoms with Crippen molar-refractivity contribution in [2.24, 2.45) is 0 Å². The molecule has 0 bridgehead atoms. The molecule has 0 aliphatic heterocycles. The van der Waals surface area contributed by atoms with E-state index in [1.807, 2.05) is 31.1 Å². The molecule has 6 rings (SSSR count). The van der Waals surface area contributed by atoms with E-state index in [2.05, 4.69) is 30.1 Å². The van der Waals surface area contributed by atoms with Crippen molar-refractivity contribution in [1.29, 1.82) is 0 Å². The van der Waals surface area contributed by atoms with Crippen LogP contribution in [0.1, 0.15) is 5.56 Å². The minimum Gasteiger partial charge on any atom is -0.335 e. The third-order valence-electron chi connectivity index (χ3n) is 6.03. The Morgan fingerprint density at radius 3 is 2.61 bits per heavy atom. The smallest absolute Gasteiger partial charge is 0.178 e. The van der Waals surface area contributed by atoms with Gasteiger partial charge in [-0.15, -0.1) is 0 Å². The highest BCUT2D eigenvalue weighted by atomic mass is 19.1. The summed E-state index contributed by atoms with van der Waals surface area (Å²) in [5, 5.41) is 7.66. The molecule has 6 aromatic rings. The number of imidazole rings is 1. The number of fused-ring (bicyclic) bond motifs is 2. The molecule has 0 saturated heterocycles. The lowest BCUT2D eigenvalue weighted by molar-refractivity contribution is 0.402. The van der Waals surface area contributed by atoms with Gasteiger partial charge in [0.2, 0.25) is 0 Å². The number of nitrogens with one attached hydrogen (secondary N) is 2. The lowest BCUT2D eigenvalue weighted by Crippen LogP contribution is -2.10. The Morgan fingerprint density at radius 1 is 0.917 bits per heavy atom. The van der Waals surface area contributed by atoms with Crippen molar-refractivity contribution in [1.82, 2.24) is 35.0 Å². The Morgan fingerprint density at radius 2 is 1.78 bits per heavy atom. The van der Waals surface area contributed by atoms with Crippen LogP contribution in [0.3, 0.4) is 0 Å². The SMILES string of the molecule is CN(C)Cc1cncc(-c2cc(F)c3n[nH]c(-c4nc5nccc(-c6ccccc6F)c5[nH]4)c3c2)c1. The molecular weight excluding hydrogens is 460 g/mol. The van der Waals surface area contributed by atoms with E-state index in [9.17, 15) is 4.39 Å². The van der Waals surface area contributed by atoms with Crippen LogP contribution in [0, 0.1) is 11.6 Å². The van der Waals surface area contributed by atoms with Crippen molar-refractivity contribution in [3.8, 4) is 33.8 Å². The zero-order valence-electron chi connectivity index (χ0n) is 19.5. The highest BCUT2D eigenvalue weighted by Crippen LogP contribution is 2.34. The molecule has 0 saturated carbocycles. The molecule has 36 heavy (non-hydrogen) atoms. The molecule has 0 amide bonds. The highest BCUT2D eigenvalue weighted by Gasteiger charge is 2.19. The van der Waals surface area contributed by atoms with Gasteiger partial charge in [0.05, 0.1) is 5.52 Å². The summed E-state index contributed by atoms with van der Waals surface area (Å²) in [6, 6.07) is 13.6. The minimum atomic E-state index is -0.454. The van der Waals surface area contributed by atoms with E-state index in [1.165, 1.54) is 12.1 Å². The molecule has 4 heterocycles. The van der Waals surface area contributed by atoms with E-state index >= 15 is 4.39 Å². The van der Waals surface area contributed by atoms with Crippen LogP contribution in [0.5, 0.6) is 0 Å². The van der Waals surface area contributed by atoms with Gasteiger partial charge in [0.1, 0.15) is 17.0 Å². The van der Waals surface area contributed by atoms with E-state index in [-0.39, 0.29) is 11.3 Å². The first-order valence-corrected chi connectivity index (χ1v) is 11.3. The number of hydrogen-bond acceptors (Lipinski definition) is 5. The number of pyridine rings is 2. The number of H-pyrrole nitrogens is 2. The monoisotopic (exact) mass is 481 g/mol. The van der Waals surface area contributed by atoms with Gasteiger partial charge >= 0.3 is 0 Å². The molecule has 0 atom stereocenters. The predicted octanol–water partition coefficient (Wildman–Crippen LogP) is 5.57. The normalized spacial score (nSPS) is 11.7. The summed E-state index contributed by atoms with van der Waals surface area (Å²) in [7, 11) is 3.96. The van der Waals surface area contributed by atoms with Crippen LogP contribution < -0.4 is 0 Å². The quantitative estimate of drug-likeness (QED) is 0.336. The fourth-order valence-electron chi connectivity index (χ4n) is 4.45. The second-order valence-corrected chi connectivity index (χ2v) is 8.89. The van der Waals surface area contributed by atoms with Crippen molar-refractivity contribution in [3.63, 3.8) is 0 Å². The van der Waals surface area contributed by atoms with Crippen molar-refractivity contribution in [2.75, 3.05) is 14.1 Å². The fourth-order valence-corrected chi connectivity index (χ4v) is 4.45. The Labute approximate surface area is 204 Å². The average Bonchev–Trinajstić information content (AvgIpc) is 3.48. The first-order chi connectivity index (χ1) is 17.5. The Balaban J connectivity index is 1.49. The third-order valence-corrected chi connectivity index (χ3v) is 6.03. The lowest BCUT2D eigenvalue weighted by atomic mass is 10.0. The standard InChI is InChI=1S/C27H21F2N7/c1-36(2)14-15-9-17(13-30-12-15)16-10-20-23(22(29)11-16)34-35-25(20)27-32-24-19(7-8-31-26(24)33-27)18-5-3-4-6-21(18)28/h3-13H,14H2,1-2H3,(H,34,35)(H,31,32,33). The second-order valence-electron chi connectivity index (χ2n) is 8.89. The molecule has 2 aromatic carbocycles. The molecule has 4 aromatic heterocycles. The predicted molar refractivity (Wildman–Crippen MR) is 135 cm³/mol. The molecule has 0 unspecified atom stereocenters. The molecule has 0 radical (unpaired) electrons. The van der Waals surface area contributed by atoms with Gasteiger partial charge in [-0.3, -0.25) is 10.1 Å². The van der Waals surface area contributed by atoms with E-state index in [1.54, 1.807) is 42.9 Å². The average molecular weight is 482 g/mol. The molecule has 0 aliphatic carbocycles. The van der Waals surface area contributed by atoms with Gasteiger partial charge in [-0.05, 0) is 55.6 Å². The zero-order chi connectivity index (χ0) is 24.8. The van der Waals surface area contributed by atoms with Crippen LogP contribution in [-0.4, -0.2) is 49.1 Å². The van der Waals surface area contributed by atoms with Gasteiger partial charge in [-0.2, -0.15) is 5.10 Å². The third kappa shape index (κ3) is 3.79. The first kappa shape index (κ1) is 22.0. The van der Waals surface area contributed by atoms with Gasteiger partial charge in [0, 0.05) is 47.2 Å². The Kier molecular flexibility index (Phi) is 5.26. The molecule has 9 heteroatoms. The maximum absolute atomic E-state index is 15.1. The van der Waals surface area contributed by atoms with Crippen LogP contribution in [-0.2, 0) is 6.54 Å². The summed E-state index contributed by atoms with van der Waals surface area (Å²) >= 11 is 0. The van der Waals surface area contributed by atoms with Crippen LogP contribution in [0.15, 0.2) is 67.1 Å². The lowest BCUT2D eigenvalue weighted by Gasteiger charge is -2.10. The summed E-state index contributed by atoms with van der Waals surface area (Å²) in [6.45, 7) is 0.721. The summed E-state index contributed by atoms with van der Waals surface area (Å²) in [5.74, 6) is -0.367. The number of hydrogen-bond donors (Lipinski definition) is 2. The molecule has 0 spiro atoms. The van der Waals surface area contributed by atoms with Crippen molar-refractivity contribution in [2.45, 2.75) is 6.54 Å². The maximum atomic E-state index is 15.1. The van der Waals surface area contributed by atoms with Crippen LogP contribution in [0.4, 0.5) is 8.78 Å². The van der Waals surface area contributed by atoms with Crippen LogP contribution in [0.2, 0.25) is 0 Å². The second kappa shape index (κ2) is 8.62. The van der Waals surface area contributed by atoms with Crippen LogP contribution >= 0.6 is 0 Å². The molecule has 2 N–H and O–H groups in total. The number of nitrogens with zero attached hydrogens (tertiary/aromatic N) is 5. The Bertz CT molecular complexity index is 1740. The largest absolute Gasteiger partial charge is 0.335 e. The zero-order valence-corrected chi connectivity index (χ0v) is 19.5. The summed E-state index contributed by atoms with van der Waals surface area (Å²) in [6.07, 6.45) is 5.10. The van der Waals surface area contributed by atoms with Gasteiger partial charge < -0.3 is 9.88 Å². The van der Waals surface area contributed by atoms with Gasteiger partial charge in [0.25, 0.3) is 0 Å². The summed E-state index contributed by atoms with van der Waals surface area (Å²) in [4.78, 5) is 18.6. The summed E-state index contributed by atoms with van der Waals surface area (Å²) < 4.78 is 29.6. The van der Waals surface area contributed by atoms with Gasteiger partial charge in [0.15, 0.2) is 17.3 Å². The van der Waals surface area contributed by atoms with E-state index in [0.29, 0.717) is 44.8 Å². The number of rotatable bonds is 5. The summed E-state index contributed by atoms with van der Waals surface area (Å²) in [5.41, 5.74) is 5.30. The van der Waals surface area contributed by atoms with E-state index in [0.717, 1.165) is 17.7 Å². The van der Waals surface area contributed by atoms with Crippen molar-refractivity contribution < 1.29 is 8.78 Å². The molecule has 178 valence electrons. The van der Waals surface area contributed by atoms with E-state index in [4.69, 9.17) is 0 Å². The van der Waals surface area contributed by atoms with Crippen LogP contribution in [0.25, 0.3) is 55.8 Å². The number of aromatic nitrogens is 6. The molecule has 0 fully saturated rings. The topological polar surface area (TPSA) is 86.4 Å². The molecule has 7 nitrogen and oxygen atoms in total. The number of aromatic amines is 2. The maximum Gasteiger partial charge on any atom is 0.178 e. The first-order valence-electron chi connectivity index (χ1n) is 11.3. The minimum absolute atomic E-state index is 0.203. The molecular formula is C27H21F2N7. The Hall–Kier alpha value is -4.50. The van der Waals surface area contributed by atoms with Crippen molar-refractivity contribution in [3.05, 3.63) is 84.3 Å². The molecule has 0 aliphatic rings. The van der Waals surface area contributed by atoms with Crippen molar-refractivity contribution >= 4 is 22.1 Å². The number of benzene rings is 2. The van der Waals surface area contributed by atoms with Gasteiger partial charge in [-0.25, -0.2) is 18.7 Å². The highest BCUT2D eigenvalue weighted by molar-refractivity contribution is 5.97.